The molecular weight excluding hydrogens is 132 g/mol. The molecule has 0 aliphatic rings. The van der Waals surface area contributed by atoms with E-state index in [4.69, 9.17) is 0 Å². The Kier molecular flexibility index (Phi) is 8.64. The van der Waals surface area contributed by atoms with Crippen LogP contribution in [0.15, 0.2) is 30.5 Å². The summed E-state index contributed by atoms with van der Waals surface area (Å²) >= 11 is 0. The molecule has 0 unspecified atom stereocenters. The first-order valence-corrected chi connectivity index (χ1v) is 4.37. The summed E-state index contributed by atoms with van der Waals surface area (Å²) in [6.45, 7) is 5.59. The first-order chi connectivity index (χ1) is 5.41. The molecule has 11 heavy (non-hydrogen) atoms. The van der Waals surface area contributed by atoms with Gasteiger partial charge in [0.25, 0.3) is 0 Å². The van der Waals surface area contributed by atoms with Gasteiger partial charge in [-0.2, -0.15) is 0 Å². The van der Waals surface area contributed by atoms with Gasteiger partial charge in [0, 0.05) is 0 Å². The molecule has 0 aromatic rings. The van der Waals surface area contributed by atoms with Gasteiger partial charge in [-0.05, 0) is 38.7 Å². The highest BCUT2D eigenvalue weighted by atomic mass is 13.9. The molecule has 0 amide bonds. The molecular formula is C11H18. The fraction of sp³-hybridized carbons (Fsp3) is 0.545. The first kappa shape index (κ1) is 10.3. The van der Waals surface area contributed by atoms with Gasteiger partial charge in [-0.3, -0.25) is 0 Å². The molecule has 0 aliphatic carbocycles. The van der Waals surface area contributed by atoms with Gasteiger partial charge in [0.1, 0.15) is 0 Å². The Morgan fingerprint density at radius 1 is 1.18 bits per heavy atom. The maximum atomic E-state index is 3.52. The van der Waals surface area contributed by atoms with Crippen LogP contribution in [0.1, 0.15) is 39.0 Å². The van der Waals surface area contributed by atoms with E-state index in [2.05, 4.69) is 31.4 Å². The lowest BCUT2D eigenvalue weighted by molar-refractivity contribution is 0.696. The fourth-order valence-corrected chi connectivity index (χ4v) is 0.954. The maximum Gasteiger partial charge on any atom is -0.0275 e. The molecule has 0 rings (SSSR count). The van der Waals surface area contributed by atoms with Gasteiger partial charge in [-0.1, -0.05) is 25.2 Å². The molecule has 0 aromatic carbocycles. The van der Waals surface area contributed by atoms with Crippen molar-refractivity contribution in [1.29, 1.82) is 0 Å². The summed E-state index contributed by atoms with van der Waals surface area (Å²) in [7, 11) is 0. The molecule has 0 nitrogen and oxygen atoms in total. The van der Waals surface area contributed by atoms with E-state index >= 15 is 0 Å². The van der Waals surface area contributed by atoms with Crippen molar-refractivity contribution >= 4 is 0 Å². The quantitative estimate of drug-likeness (QED) is 0.306. The van der Waals surface area contributed by atoms with E-state index in [0.717, 1.165) is 6.42 Å². The third-order valence-corrected chi connectivity index (χ3v) is 1.60. The lowest BCUT2D eigenvalue weighted by atomic mass is 10.1. The van der Waals surface area contributed by atoms with E-state index in [9.17, 15) is 0 Å². The van der Waals surface area contributed by atoms with Crippen LogP contribution in [-0.4, -0.2) is 0 Å². The van der Waals surface area contributed by atoms with Gasteiger partial charge in [-0.25, -0.2) is 0 Å². The highest BCUT2D eigenvalue weighted by molar-refractivity contribution is 4.77. The molecule has 0 N–H and O–H groups in total. The Balaban J connectivity index is 2.96. The third-order valence-electron chi connectivity index (χ3n) is 1.60. The summed E-state index contributed by atoms with van der Waals surface area (Å²) in [5.41, 5.74) is 2.78. The molecule has 0 bridgehead atoms. The summed E-state index contributed by atoms with van der Waals surface area (Å²) in [6, 6.07) is 0. The minimum atomic E-state index is 1.14. The van der Waals surface area contributed by atoms with Crippen molar-refractivity contribution in [2.24, 2.45) is 0 Å². The second-order valence-corrected chi connectivity index (χ2v) is 2.62. The van der Waals surface area contributed by atoms with Crippen molar-refractivity contribution in [3.63, 3.8) is 0 Å². The Hall–Kier alpha value is -0.740. The molecule has 0 fully saturated rings. The molecule has 0 aliphatic heterocycles. The van der Waals surface area contributed by atoms with Crippen LogP contribution in [0.2, 0.25) is 0 Å². The first-order valence-electron chi connectivity index (χ1n) is 4.37. The zero-order valence-electron chi connectivity index (χ0n) is 7.47. The Morgan fingerprint density at radius 3 is 2.55 bits per heavy atom. The third kappa shape index (κ3) is 9.26. The van der Waals surface area contributed by atoms with Crippen LogP contribution in [0, 0.1) is 0 Å². The van der Waals surface area contributed by atoms with E-state index in [1.165, 1.54) is 25.7 Å². The van der Waals surface area contributed by atoms with E-state index in [1.807, 2.05) is 6.08 Å². The smallest absolute Gasteiger partial charge is 0.0275 e. The van der Waals surface area contributed by atoms with Crippen molar-refractivity contribution in [1.82, 2.24) is 0 Å². The monoisotopic (exact) mass is 150 g/mol. The van der Waals surface area contributed by atoms with Gasteiger partial charge in [0.15, 0.2) is 0 Å². The Labute approximate surface area is 70.3 Å². The summed E-state index contributed by atoms with van der Waals surface area (Å²) in [6.07, 6.45) is 12.6. The van der Waals surface area contributed by atoms with Crippen molar-refractivity contribution < 1.29 is 0 Å². The molecule has 0 heterocycles. The number of rotatable bonds is 6. The largest absolute Gasteiger partial charge is 0.133 e. The number of allylic oxidation sites excluding steroid dienone is 3. The number of unbranched alkanes of at least 4 members (excludes halogenated alkanes) is 4. The summed E-state index contributed by atoms with van der Waals surface area (Å²) in [4.78, 5) is 0. The van der Waals surface area contributed by atoms with Crippen LogP contribution >= 0.6 is 0 Å². The van der Waals surface area contributed by atoms with Crippen LogP contribution in [-0.2, 0) is 0 Å². The van der Waals surface area contributed by atoms with Gasteiger partial charge in [-0.15, -0.1) is 5.73 Å². The molecule has 0 atom stereocenters. The highest BCUT2D eigenvalue weighted by Crippen LogP contribution is 2.03. The van der Waals surface area contributed by atoms with Gasteiger partial charge in [0.2, 0.25) is 0 Å². The SMILES string of the molecule is C=C=CCCCCCC=CC. The minimum Gasteiger partial charge on any atom is -0.133 e. The standard InChI is InChI=1S/C11H18/c1-3-5-7-9-11-10-8-6-4-2/h4-6H,1,7-11H2,2H3. The zero-order valence-corrected chi connectivity index (χ0v) is 7.47. The van der Waals surface area contributed by atoms with Crippen LogP contribution in [0.5, 0.6) is 0 Å². The summed E-state index contributed by atoms with van der Waals surface area (Å²) in [5, 5.41) is 0. The van der Waals surface area contributed by atoms with Gasteiger partial charge < -0.3 is 0 Å². The lowest BCUT2D eigenvalue weighted by Crippen LogP contribution is -1.73. The summed E-state index contributed by atoms with van der Waals surface area (Å²) in [5.74, 6) is 0. The lowest BCUT2D eigenvalue weighted by Gasteiger charge is -1.93. The van der Waals surface area contributed by atoms with Crippen LogP contribution in [0.3, 0.4) is 0 Å². The molecule has 62 valence electrons. The van der Waals surface area contributed by atoms with Crippen LogP contribution in [0.25, 0.3) is 0 Å². The fourth-order valence-electron chi connectivity index (χ4n) is 0.954. The number of hydrogen-bond acceptors (Lipinski definition) is 0. The maximum absolute atomic E-state index is 3.52. The van der Waals surface area contributed by atoms with Gasteiger partial charge in [0.05, 0.1) is 0 Å². The minimum absolute atomic E-state index is 1.14. The second-order valence-electron chi connectivity index (χ2n) is 2.62. The van der Waals surface area contributed by atoms with Crippen molar-refractivity contribution in [3.05, 3.63) is 30.5 Å². The van der Waals surface area contributed by atoms with Crippen molar-refractivity contribution in [2.75, 3.05) is 0 Å². The normalized spacial score (nSPS) is 9.91. The van der Waals surface area contributed by atoms with Crippen molar-refractivity contribution in [2.45, 2.75) is 39.0 Å². The van der Waals surface area contributed by atoms with E-state index in [-0.39, 0.29) is 0 Å². The van der Waals surface area contributed by atoms with Crippen molar-refractivity contribution in [3.8, 4) is 0 Å². The average Bonchev–Trinajstić information content (AvgIpc) is 2.03. The Morgan fingerprint density at radius 2 is 1.91 bits per heavy atom. The predicted octanol–water partition coefficient (Wildman–Crippen LogP) is 3.85. The average molecular weight is 150 g/mol. The zero-order chi connectivity index (χ0) is 8.36. The topological polar surface area (TPSA) is 0 Å². The molecule has 0 radical (unpaired) electrons. The van der Waals surface area contributed by atoms with E-state index in [1.54, 1.807) is 0 Å². The number of hydrogen-bond donors (Lipinski definition) is 0. The molecule has 0 heteroatoms. The molecule has 0 saturated carbocycles. The Bertz CT molecular complexity index is 136. The molecule has 0 aromatic heterocycles. The van der Waals surface area contributed by atoms with Gasteiger partial charge >= 0.3 is 0 Å². The summed E-state index contributed by atoms with van der Waals surface area (Å²) < 4.78 is 0. The molecule has 0 spiro atoms. The highest BCUT2D eigenvalue weighted by Gasteiger charge is 1.84. The van der Waals surface area contributed by atoms with Crippen LogP contribution in [0.4, 0.5) is 0 Å². The predicted molar refractivity (Wildman–Crippen MR) is 51.6 cm³/mol. The van der Waals surface area contributed by atoms with Crippen LogP contribution < -0.4 is 0 Å². The second kappa shape index (κ2) is 9.26. The van der Waals surface area contributed by atoms with E-state index < -0.39 is 0 Å². The molecule has 0 saturated heterocycles. The van der Waals surface area contributed by atoms with E-state index in [0.29, 0.717) is 0 Å².